The average molecular weight is 204 g/mol. The smallest absolute Gasteiger partial charge is 0.0295 e. The standard InChI is InChI=1S/C13H20N2/c1-10-4-3-5-13(10)15-11(2)12-6-8-14-9-7-12/h6-11,13,15H,3-5H2,1-2H3/t10-,11-,13-/m0/s1. The fourth-order valence-electron chi connectivity index (χ4n) is 2.46. The van der Waals surface area contributed by atoms with E-state index in [2.05, 4.69) is 36.3 Å². The van der Waals surface area contributed by atoms with E-state index in [1.807, 2.05) is 12.4 Å². The minimum Gasteiger partial charge on any atom is -0.307 e. The Morgan fingerprint density at radius 1 is 1.33 bits per heavy atom. The molecule has 0 spiro atoms. The predicted molar refractivity (Wildman–Crippen MR) is 62.6 cm³/mol. The molecular formula is C13H20N2. The van der Waals surface area contributed by atoms with Crippen molar-refractivity contribution in [2.45, 2.75) is 45.2 Å². The van der Waals surface area contributed by atoms with Gasteiger partial charge in [0.2, 0.25) is 0 Å². The quantitative estimate of drug-likeness (QED) is 0.819. The number of nitrogens with zero attached hydrogens (tertiary/aromatic N) is 1. The first-order chi connectivity index (χ1) is 7.27. The van der Waals surface area contributed by atoms with Crippen LogP contribution in [0.1, 0.15) is 44.7 Å². The summed E-state index contributed by atoms with van der Waals surface area (Å²) in [7, 11) is 0. The lowest BCUT2D eigenvalue weighted by Gasteiger charge is -2.23. The molecule has 1 aliphatic rings. The van der Waals surface area contributed by atoms with Gasteiger partial charge in [-0.25, -0.2) is 0 Å². The molecule has 0 unspecified atom stereocenters. The van der Waals surface area contributed by atoms with E-state index in [0.29, 0.717) is 12.1 Å². The topological polar surface area (TPSA) is 24.9 Å². The molecule has 82 valence electrons. The fourth-order valence-corrected chi connectivity index (χ4v) is 2.46. The second kappa shape index (κ2) is 4.75. The molecule has 0 bridgehead atoms. The molecule has 0 radical (unpaired) electrons. The maximum Gasteiger partial charge on any atom is 0.0295 e. The Morgan fingerprint density at radius 3 is 2.67 bits per heavy atom. The van der Waals surface area contributed by atoms with Gasteiger partial charge in [-0.2, -0.15) is 0 Å². The lowest BCUT2D eigenvalue weighted by molar-refractivity contribution is 0.388. The summed E-state index contributed by atoms with van der Waals surface area (Å²) in [6.07, 6.45) is 7.82. The summed E-state index contributed by atoms with van der Waals surface area (Å²) in [6.45, 7) is 4.59. The zero-order valence-corrected chi connectivity index (χ0v) is 9.61. The molecule has 2 nitrogen and oxygen atoms in total. The van der Waals surface area contributed by atoms with E-state index in [-0.39, 0.29) is 0 Å². The van der Waals surface area contributed by atoms with Crippen LogP contribution in [0.4, 0.5) is 0 Å². The predicted octanol–water partition coefficient (Wildman–Crippen LogP) is 2.92. The van der Waals surface area contributed by atoms with Gasteiger partial charge in [0.05, 0.1) is 0 Å². The number of hydrogen-bond donors (Lipinski definition) is 1. The number of pyridine rings is 1. The van der Waals surface area contributed by atoms with Crippen LogP contribution in [0.5, 0.6) is 0 Å². The highest BCUT2D eigenvalue weighted by Gasteiger charge is 2.24. The Hall–Kier alpha value is -0.890. The zero-order valence-electron chi connectivity index (χ0n) is 9.61. The summed E-state index contributed by atoms with van der Waals surface area (Å²) in [5.74, 6) is 0.828. The van der Waals surface area contributed by atoms with Gasteiger partial charge in [-0.05, 0) is 43.4 Å². The first-order valence-corrected chi connectivity index (χ1v) is 5.93. The van der Waals surface area contributed by atoms with Gasteiger partial charge in [0.25, 0.3) is 0 Å². The molecule has 1 aromatic rings. The molecule has 0 amide bonds. The molecule has 3 atom stereocenters. The van der Waals surface area contributed by atoms with E-state index in [0.717, 1.165) is 5.92 Å². The van der Waals surface area contributed by atoms with Crippen LogP contribution >= 0.6 is 0 Å². The van der Waals surface area contributed by atoms with E-state index in [1.165, 1.54) is 24.8 Å². The van der Waals surface area contributed by atoms with Crippen molar-refractivity contribution in [2.75, 3.05) is 0 Å². The number of nitrogens with one attached hydrogen (secondary N) is 1. The summed E-state index contributed by atoms with van der Waals surface area (Å²) in [5, 5.41) is 3.72. The van der Waals surface area contributed by atoms with Crippen LogP contribution in [0.25, 0.3) is 0 Å². The van der Waals surface area contributed by atoms with E-state index >= 15 is 0 Å². The first-order valence-electron chi connectivity index (χ1n) is 5.93. The Balaban J connectivity index is 1.95. The Morgan fingerprint density at radius 2 is 2.07 bits per heavy atom. The summed E-state index contributed by atoms with van der Waals surface area (Å²) >= 11 is 0. The van der Waals surface area contributed by atoms with Gasteiger partial charge in [-0.3, -0.25) is 4.98 Å². The Labute approximate surface area is 92.1 Å². The van der Waals surface area contributed by atoms with E-state index < -0.39 is 0 Å². The van der Waals surface area contributed by atoms with Crippen LogP contribution in [-0.4, -0.2) is 11.0 Å². The molecule has 1 saturated carbocycles. The van der Waals surface area contributed by atoms with Crippen molar-refractivity contribution in [3.05, 3.63) is 30.1 Å². The zero-order chi connectivity index (χ0) is 10.7. The van der Waals surface area contributed by atoms with Crippen molar-refractivity contribution >= 4 is 0 Å². The van der Waals surface area contributed by atoms with Crippen LogP contribution in [0.3, 0.4) is 0 Å². The fraction of sp³-hybridized carbons (Fsp3) is 0.615. The monoisotopic (exact) mass is 204 g/mol. The summed E-state index contributed by atoms with van der Waals surface area (Å²) in [6, 6.07) is 5.33. The third kappa shape index (κ3) is 2.57. The molecule has 2 heteroatoms. The second-order valence-electron chi connectivity index (χ2n) is 4.68. The summed E-state index contributed by atoms with van der Waals surface area (Å²) in [5.41, 5.74) is 1.34. The van der Waals surface area contributed by atoms with Crippen LogP contribution in [0.2, 0.25) is 0 Å². The second-order valence-corrected chi connectivity index (χ2v) is 4.68. The number of aromatic nitrogens is 1. The maximum atomic E-state index is 4.05. The largest absolute Gasteiger partial charge is 0.307 e. The van der Waals surface area contributed by atoms with Gasteiger partial charge >= 0.3 is 0 Å². The third-order valence-corrected chi connectivity index (χ3v) is 3.53. The molecule has 1 aromatic heterocycles. The number of rotatable bonds is 3. The molecule has 0 saturated heterocycles. The highest BCUT2D eigenvalue weighted by molar-refractivity contribution is 5.14. The van der Waals surface area contributed by atoms with Crippen LogP contribution in [0.15, 0.2) is 24.5 Å². The van der Waals surface area contributed by atoms with Crippen molar-refractivity contribution in [3.63, 3.8) is 0 Å². The van der Waals surface area contributed by atoms with Crippen LogP contribution < -0.4 is 5.32 Å². The Bertz CT molecular complexity index is 297. The molecule has 0 aromatic carbocycles. The minimum atomic E-state index is 0.443. The van der Waals surface area contributed by atoms with Gasteiger partial charge < -0.3 is 5.32 Å². The SMILES string of the molecule is C[C@H](N[C@H]1CCC[C@@H]1C)c1ccncc1. The normalized spacial score (nSPS) is 27.9. The van der Waals surface area contributed by atoms with E-state index in [9.17, 15) is 0 Å². The third-order valence-electron chi connectivity index (χ3n) is 3.53. The van der Waals surface area contributed by atoms with Gasteiger partial charge in [0, 0.05) is 24.5 Å². The van der Waals surface area contributed by atoms with Crippen molar-refractivity contribution in [3.8, 4) is 0 Å². The van der Waals surface area contributed by atoms with Crippen molar-refractivity contribution in [2.24, 2.45) is 5.92 Å². The molecule has 1 fully saturated rings. The maximum absolute atomic E-state index is 4.05. The van der Waals surface area contributed by atoms with Gasteiger partial charge in [-0.1, -0.05) is 13.3 Å². The van der Waals surface area contributed by atoms with Gasteiger partial charge in [-0.15, -0.1) is 0 Å². The van der Waals surface area contributed by atoms with Crippen molar-refractivity contribution in [1.29, 1.82) is 0 Å². The highest BCUT2D eigenvalue weighted by Crippen LogP contribution is 2.27. The van der Waals surface area contributed by atoms with E-state index in [4.69, 9.17) is 0 Å². The summed E-state index contributed by atoms with van der Waals surface area (Å²) in [4.78, 5) is 4.05. The van der Waals surface area contributed by atoms with Crippen molar-refractivity contribution < 1.29 is 0 Å². The first kappa shape index (κ1) is 10.6. The van der Waals surface area contributed by atoms with Crippen LogP contribution in [0, 0.1) is 5.92 Å². The molecule has 1 aliphatic carbocycles. The minimum absolute atomic E-state index is 0.443. The molecule has 1 N–H and O–H groups in total. The Kier molecular flexibility index (Phi) is 3.37. The molecule has 15 heavy (non-hydrogen) atoms. The summed E-state index contributed by atoms with van der Waals surface area (Å²) < 4.78 is 0. The molecular weight excluding hydrogens is 184 g/mol. The van der Waals surface area contributed by atoms with E-state index in [1.54, 1.807) is 0 Å². The molecule has 2 rings (SSSR count). The van der Waals surface area contributed by atoms with Crippen molar-refractivity contribution in [1.82, 2.24) is 10.3 Å². The lowest BCUT2D eigenvalue weighted by atomic mass is 10.0. The van der Waals surface area contributed by atoms with Crippen LogP contribution in [-0.2, 0) is 0 Å². The van der Waals surface area contributed by atoms with Gasteiger partial charge in [0.1, 0.15) is 0 Å². The highest BCUT2D eigenvalue weighted by atomic mass is 15.0. The average Bonchev–Trinajstić information content (AvgIpc) is 2.66. The van der Waals surface area contributed by atoms with Gasteiger partial charge in [0.15, 0.2) is 0 Å². The molecule has 1 heterocycles. The number of hydrogen-bond acceptors (Lipinski definition) is 2. The molecule has 0 aliphatic heterocycles. The lowest BCUT2D eigenvalue weighted by Crippen LogP contribution is -2.33.